The summed E-state index contributed by atoms with van der Waals surface area (Å²) in [6.07, 6.45) is 1.17. The zero-order chi connectivity index (χ0) is 10.7. The molecule has 0 unspecified atom stereocenters. The topological polar surface area (TPSA) is 15.3 Å². The SMILES string of the molecule is CCc1ccc([C@@H](C)N2CCNCC2)s1.Cl.Cl. The van der Waals surface area contributed by atoms with Gasteiger partial charge in [-0.25, -0.2) is 0 Å². The predicted molar refractivity (Wildman–Crippen MR) is 81.1 cm³/mol. The van der Waals surface area contributed by atoms with Gasteiger partial charge in [0.05, 0.1) is 0 Å². The Morgan fingerprint density at radius 3 is 2.47 bits per heavy atom. The van der Waals surface area contributed by atoms with E-state index < -0.39 is 0 Å². The second kappa shape index (κ2) is 8.33. The Morgan fingerprint density at radius 2 is 1.94 bits per heavy atom. The van der Waals surface area contributed by atoms with Crippen LogP contribution in [0.15, 0.2) is 12.1 Å². The molecule has 100 valence electrons. The maximum Gasteiger partial charge on any atom is 0.0414 e. The Kier molecular flexibility index (Phi) is 8.43. The lowest BCUT2D eigenvalue weighted by Gasteiger charge is -2.32. The van der Waals surface area contributed by atoms with E-state index in [0.717, 1.165) is 13.1 Å². The van der Waals surface area contributed by atoms with Crippen molar-refractivity contribution in [3.63, 3.8) is 0 Å². The molecule has 1 aromatic heterocycles. The van der Waals surface area contributed by atoms with Crippen LogP contribution in [0.2, 0.25) is 0 Å². The average Bonchev–Trinajstić information content (AvgIpc) is 2.78. The molecule has 2 rings (SSSR count). The third-order valence-electron chi connectivity index (χ3n) is 3.14. The largest absolute Gasteiger partial charge is 0.314 e. The molecule has 0 saturated carbocycles. The second-order valence-electron chi connectivity index (χ2n) is 4.12. The van der Waals surface area contributed by atoms with Crippen LogP contribution in [-0.2, 0) is 6.42 Å². The van der Waals surface area contributed by atoms with Gasteiger partial charge in [0.1, 0.15) is 0 Å². The molecule has 2 heterocycles. The number of thiophene rings is 1. The Hall–Kier alpha value is 0.200. The highest BCUT2D eigenvalue weighted by Gasteiger charge is 2.18. The normalized spacial score (nSPS) is 18.0. The van der Waals surface area contributed by atoms with E-state index in [9.17, 15) is 0 Å². The maximum atomic E-state index is 3.40. The number of nitrogens with one attached hydrogen (secondary N) is 1. The monoisotopic (exact) mass is 296 g/mol. The summed E-state index contributed by atoms with van der Waals surface area (Å²) in [6, 6.07) is 5.17. The molecule has 1 aromatic rings. The fraction of sp³-hybridized carbons (Fsp3) is 0.667. The third-order valence-corrected chi connectivity index (χ3v) is 4.54. The molecule has 1 aliphatic rings. The highest BCUT2D eigenvalue weighted by molar-refractivity contribution is 7.12. The van der Waals surface area contributed by atoms with Crippen LogP contribution >= 0.6 is 36.2 Å². The van der Waals surface area contributed by atoms with Crippen LogP contribution in [0, 0.1) is 0 Å². The highest BCUT2D eigenvalue weighted by Crippen LogP contribution is 2.27. The van der Waals surface area contributed by atoms with E-state index in [2.05, 4.69) is 36.2 Å². The summed E-state index contributed by atoms with van der Waals surface area (Å²) >= 11 is 1.97. The molecule has 1 N–H and O–H groups in total. The van der Waals surface area contributed by atoms with Crippen molar-refractivity contribution >= 4 is 36.2 Å². The van der Waals surface area contributed by atoms with E-state index in [4.69, 9.17) is 0 Å². The minimum absolute atomic E-state index is 0. The summed E-state index contributed by atoms with van der Waals surface area (Å²) in [7, 11) is 0. The maximum absolute atomic E-state index is 3.40. The number of piperazine rings is 1. The molecule has 1 fully saturated rings. The van der Waals surface area contributed by atoms with Gasteiger partial charge in [0.2, 0.25) is 0 Å². The van der Waals surface area contributed by atoms with Crippen LogP contribution in [0.4, 0.5) is 0 Å². The first-order valence-corrected chi connectivity index (χ1v) is 6.66. The molecular formula is C12H22Cl2N2S. The van der Waals surface area contributed by atoms with E-state index in [-0.39, 0.29) is 24.8 Å². The number of hydrogen-bond acceptors (Lipinski definition) is 3. The molecule has 0 amide bonds. The zero-order valence-electron chi connectivity index (χ0n) is 10.4. The highest BCUT2D eigenvalue weighted by atomic mass is 35.5. The van der Waals surface area contributed by atoms with E-state index in [0.29, 0.717) is 6.04 Å². The van der Waals surface area contributed by atoms with Crippen molar-refractivity contribution in [2.75, 3.05) is 26.2 Å². The van der Waals surface area contributed by atoms with Crippen LogP contribution < -0.4 is 5.32 Å². The van der Waals surface area contributed by atoms with Gasteiger partial charge in [0.15, 0.2) is 0 Å². The van der Waals surface area contributed by atoms with Crippen LogP contribution in [0.5, 0.6) is 0 Å². The predicted octanol–water partition coefficient (Wildman–Crippen LogP) is 3.12. The summed E-state index contributed by atoms with van der Waals surface area (Å²) in [5.74, 6) is 0. The summed E-state index contributed by atoms with van der Waals surface area (Å²) in [5.41, 5.74) is 0. The molecule has 17 heavy (non-hydrogen) atoms. The number of aryl methyl sites for hydroxylation is 1. The van der Waals surface area contributed by atoms with Gasteiger partial charge in [-0.05, 0) is 25.5 Å². The number of rotatable bonds is 3. The van der Waals surface area contributed by atoms with Crippen molar-refractivity contribution in [1.82, 2.24) is 10.2 Å². The number of halogens is 2. The van der Waals surface area contributed by atoms with Gasteiger partial charge in [0, 0.05) is 42.0 Å². The lowest BCUT2D eigenvalue weighted by Crippen LogP contribution is -2.44. The summed E-state index contributed by atoms with van der Waals surface area (Å²) in [4.78, 5) is 5.60. The molecule has 1 saturated heterocycles. The molecule has 1 atom stereocenters. The first-order valence-electron chi connectivity index (χ1n) is 5.84. The van der Waals surface area contributed by atoms with Gasteiger partial charge in [0.25, 0.3) is 0 Å². The lowest BCUT2D eigenvalue weighted by atomic mass is 10.2. The van der Waals surface area contributed by atoms with Crippen molar-refractivity contribution in [2.45, 2.75) is 26.3 Å². The van der Waals surface area contributed by atoms with E-state index in [1.54, 1.807) is 0 Å². The molecule has 0 radical (unpaired) electrons. The van der Waals surface area contributed by atoms with Crippen molar-refractivity contribution in [3.8, 4) is 0 Å². The molecule has 0 aromatic carbocycles. The van der Waals surface area contributed by atoms with Gasteiger partial charge >= 0.3 is 0 Å². The lowest BCUT2D eigenvalue weighted by molar-refractivity contribution is 0.188. The Morgan fingerprint density at radius 1 is 1.29 bits per heavy atom. The Bertz CT molecular complexity index is 311. The van der Waals surface area contributed by atoms with Gasteiger partial charge < -0.3 is 5.32 Å². The van der Waals surface area contributed by atoms with E-state index in [1.807, 2.05) is 11.3 Å². The Balaban J connectivity index is 0.00000128. The second-order valence-corrected chi connectivity index (χ2v) is 5.32. The average molecular weight is 297 g/mol. The van der Waals surface area contributed by atoms with Crippen molar-refractivity contribution in [1.29, 1.82) is 0 Å². The van der Waals surface area contributed by atoms with E-state index >= 15 is 0 Å². The van der Waals surface area contributed by atoms with Gasteiger partial charge in [-0.3, -0.25) is 4.90 Å². The molecule has 2 nitrogen and oxygen atoms in total. The minimum atomic E-state index is 0. The minimum Gasteiger partial charge on any atom is -0.314 e. The van der Waals surface area contributed by atoms with Crippen LogP contribution in [-0.4, -0.2) is 31.1 Å². The molecular weight excluding hydrogens is 275 g/mol. The number of hydrogen-bond donors (Lipinski definition) is 1. The van der Waals surface area contributed by atoms with Crippen molar-refractivity contribution < 1.29 is 0 Å². The molecule has 0 bridgehead atoms. The quantitative estimate of drug-likeness (QED) is 0.922. The molecule has 0 aliphatic carbocycles. The molecule has 5 heteroatoms. The summed E-state index contributed by atoms with van der Waals surface area (Å²) in [6.45, 7) is 9.19. The third kappa shape index (κ3) is 4.42. The number of nitrogens with zero attached hydrogens (tertiary/aromatic N) is 1. The fourth-order valence-corrected chi connectivity index (χ4v) is 3.10. The van der Waals surface area contributed by atoms with Crippen LogP contribution in [0.25, 0.3) is 0 Å². The van der Waals surface area contributed by atoms with Crippen molar-refractivity contribution in [2.24, 2.45) is 0 Å². The zero-order valence-corrected chi connectivity index (χ0v) is 12.9. The van der Waals surface area contributed by atoms with E-state index in [1.165, 1.54) is 29.3 Å². The summed E-state index contributed by atoms with van der Waals surface area (Å²) < 4.78 is 0. The first kappa shape index (κ1) is 17.2. The van der Waals surface area contributed by atoms with Crippen LogP contribution in [0.1, 0.15) is 29.6 Å². The molecule has 0 spiro atoms. The Labute approximate surface area is 121 Å². The molecule has 1 aliphatic heterocycles. The van der Waals surface area contributed by atoms with Crippen molar-refractivity contribution in [3.05, 3.63) is 21.9 Å². The fourth-order valence-electron chi connectivity index (χ4n) is 2.06. The first-order chi connectivity index (χ1) is 7.31. The van der Waals surface area contributed by atoms with Gasteiger partial charge in [-0.15, -0.1) is 36.2 Å². The standard InChI is InChI=1S/C12H20N2S.2ClH/c1-3-11-4-5-12(15-11)10(2)14-8-6-13-7-9-14;;/h4-5,10,13H,3,6-9H2,1-2H3;2*1H/t10-;;/m1../s1. The van der Waals surface area contributed by atoms with Gasteiger partial charge in [-0.1, -0.05) is 6.92 Å². The smallest absolute Gasteiger partial charge is 0.0414 e. The van der Waals surface area contributed by atoms with Gasteiger partial charge in [-0.2, -0.15) is 0 Å². The summed E-state index contributed by atoms with van der Waals surface area (Å²) in [5, 5.41) is 3.40. The van der Waals surface area contributed by atoms with Crippen LogP contribution in [0.3, 0.4) is 0 Å².